The molecule has 0 fully saturated rings. The quantitative estimate of drug-likeness (QED) is 0.469. The smallest absolute Gasteiger partial charge is 0.399 e. The first-order valence-electron chi connectivity index (χ1n) is 8.39. The molecule has 0 unspecified atom stereocenters. The second-order valence-electron chi connectivity index (χ2n) is 5.59. The summed E-state index contributed by atoms with van der Waals surface area (Å²) in [5.41, 5.74) is 12.7. The van der Waals surface area contributed by atoms with Gasteiger partial charge >= 0.3 is 17.6 Å². The second kappa shape index (κ2) is 11.3. The van der Waals surface area contributed by atoms with Crippen LogP contribution in [0.4, 0.5) is 11.4 Å². The van der Waals surface area contributed by atoms with Crippen LogP contribution < -0.4 is 21.8 Å². The Hall–Kier alpha value is -1.77. The van der Waals surface area contributed by atoms with Gasteiger partial charge in [0.1, 0.15) is 0 Å². The summed E-state index contributed by atoms with van der Waals surface area (Å²) < 4.78 is 31.9. The largest absolute Gasteiger partial charge is 0.536 e. The first kappa shape index (κ1) is 24.3. The number of anilines is 2. The maximum Gasteiger partial charge on any atom is 0.536 e. The van der Waals surface area contributed by atoms with Gasteiger partial charge in [-0.2, -0.15) is 0 Å². The highest BCUT2D eigenvalue weighted by Crippen LogP contribution is 2.10. The third-order valence-corrected chi connectivity index (χ3v) is 9.35. The summed E-state index contributed by atoms with van der Waals surface area (Å²) in [5, 5.41) is 1.73. The van der Waals surface area contributed by atoms with Crippen LogP contribution in [0.5, 0.6) is 0 Å². The number of hydrogen-bond donors (Lipinski definition) is 2. The molecule has 10 heteroatoms. The first-order chi connectivity index (χ1) is 13.4. The SMILES string of the molecule is CO[Si](OC)(OC)c1cccc(N)c1.CO[Si](OC)(OC)c1cccc(N)c1. The van der Waals surface area contributed by atoms with Gasteiger partial charge in [-0.25, -0.2) is 0 Å². The number of rotatable bonds is 8. The monoisotopic (exact) mass is 426 g/mol. The van der Waals surface area contributed by atoms with E-state index in [0.717, 1.165) is 10.4 Å². The minimum absolute atomic E-state index is 0.672. The highest BCUT2D eigenvalue weighted by molar-refractivity contribution is 6.75. The summed E-state index contributed by atoms with van der Waals surface area (Å²) in [6.07, 6.45) is 0. The molecular formula is C18H30N2O6Si2. The van der Waals surface area contributed by atoms with Gasteiger partial charge in [0.15, 0.2) is 0 Å². The molecule has 4 N–H and O–H groups in total. The molecule has 0 aliphatic rings. The predicted molar refractivity (Wildman–Crippen MR) is 115 cm³/mol. The van der Waals surface area contributed by atoms with Crippen molar-refractivity contribution < 1.29 is 26.6 Å². The fourth-order valence-electron chi connectivity index (χ4n) is 2.67. The van der Waals surface area contributed by atoms with Gasteiger partial charge in [-0.3, -0.25) is 0 Å². The van der Waals surface area contributed by atoms with Crippen molar-refractivity contribution in [3.8, 4) is 0 Å². The molecule has 0 bridgehead atoms. The molecule has 2 aromatic carbocycles. The van der Waals surface area contributed by atoms with Gasteiger partial charge in [-0.15, -0.1) is 0 Å². The molecule has 0 saturated heterocycles. The minimum Gasteiger partial charge on any atom is -0.399 e. The molecule has 0 aromatic heterocycles. The van der Waals surface area contributed by atoms with Crippen molar-refractivity contribution in [2.24, 2.45) is 0 Å². The number of benzene rings is 2. The van der Waals surface area contributed by atoms with Crippen LogP contribution in [0.15, 0.2) is 48.5 Å². The lowest BCUT2D eigenvalue weighted by Crippen LogP contribution is -2.54. The van der Waals surface area contributed by atoms with Crippen molar-refractivity contribution in [2.75, 3.05) is 54.1 Å². The normalized spacial score (nSPS) is 11.6. The number of nitrogens with two attached hydrogens (primary N) is 2. The van der Waals surface area contributed by atoms with E-state index >= 15 is 0 Å². The molecule has 156 valence electrons. The molecule has 0 aliphatic carbocycles. The Bertz CT molecular complexity index is 649. The molecule has 0 aliphatic heterocycles. The van der Waals surface area contributed by atoms with E-state index in [9.17, 15) is 0 Å². The van der Waals surface area contributed by atoms with E-state index in [-0.39, 0.29) is 0 Å². The van der Waals surface area contributed by atoms with E-state index in [4.69, 9.17) is 38.0 Å². The van der Waals surface area contributed by atoms with Crippen LogP contribution in [0.3, 0.4) is 0 Å². The van der Waals surface area contributed by atoms with Gasteiger partial charge in [0.05, 0.1) is 0 Å². The molecule has 0 heterocycles. The molecule has 0 amide bonds. The fourth-order valence-corrected chi connectivity index (χ4v) is 6.37. The Morgan fingerprint density at radius 1 is 0.536 bits per heavy atom. The van der Waals surface area contributed by atoms with Crippen LogP contribution >= 0.6 is 0 Å². The van der Waals surface area contributed by atoms with Gasteiger partial charge in [-0.05, 0) is 24.3 Å². The summed E-state index contributed by atoms with van der Waals surface area (Å²) in [6, 6.07) is 14.7. The molecular weight excluding hydrogens is 396 g/mol. The molecule has 0 radical (unpaired) electrons. The summed E-state index contributed by atoms with van der Waals surface area (Å²) in [7, 11) is 4.02. The van der Waals surface area contributed by atoms with Crippen molar-refractivity contribution in [1.29, 1.82) is 0 Å². The van der Waals surface area contributed by atoms with Crippen LogP contribution in [-0.2, 0) is 26.6 Å². The van der Waals surface area contributed by atoms with E-state index in [1.54, 1.807) is 42.7 Å². The van der Waals surface area contributed by atoms with E-state index in [1.807, 2.05) is 48.5 Å². The van der Waals surface area contributed by atoms with Crippen molar-refractivity contribution >= 4 is 39.4 Å². The van der Waals surface area contributed by atoms with Crippen LogP contribution in [0, 0.1) is 0 Å². The van der Waals surface area contributed by atoms with E-state index < -0.39 is 17.6 Å². The third-order valence-electron chi connectivity index (χ3n) is 4.09. The lowest BCUT2D eigenvalue weighted by atomic mass is 10.3. The summed E-state index contributed by atoms with van der Waals surface area (Å²) in [4.78, 5) is 0. The van der Waals surface area contributed by atoms with Crippen molar-refractivity contribution in [1.82, 2.24) is 0 Å². The maximum atomic E-state index is 5.67. The average molecular weight is 427 g/mol. The average Bonchev–Trinajstić information content (AvgIpc) is 2.72. The lowest BCUT2D eigenvalue weighted by Gasteiger charge is -2.24. The van der Waals surface area contributed by atoms with Crippen molar-refractivity contribution in [3.05, 3.63) is 48.5 Å². The van der Waals surface area contributed by atoms with Crippen LogP contribution in [0.25, 0.3) is 0 Å². The van der Waals surface area contributed by atoms with Crippen LogP contribution in [0.2, 0.25) is 0 Å². The molecule has 8 nitrogen and oxygen atoms in total. The summed E-state index contributed by atoms with van der Waals surface area (Å²) in [5.74, 6) is 0. The first-order valence-corrected chi connectivity index (χ1v) is 11.8. The Kier molecular flexibility index (Phi) is 9.78. The molecule has 0 saturated carbocycles. The molecule has 28 heavy (non-hydrogen) atoms. The molecule has 0 atom stereocenters. The third kappa shape index (κ3) is 5.62. The van der Waals surface area contributed by atoms with E-state index in [0.29, 0.717) is 11.4 Å². The zero-order valence-electron chi connectivity index (χ0n) is 17.2. The zero-order chi connectivity index (χ0) is 21.2. The minimum atomic E-state index is -2.70. The second-order valence-corrected chi connectivity index (χ2v) is 11.4. The fraction of sp³-hybridized carbons (Fsp3) is 0.333. The molecule has 2 rings (SSSR count). The van der Waals surface area contributed by atoms with E-state index in [2.05, 4.69) is 0 Å². The van der Waals surface area contributed by atoms with Gasteiger partial charge in [0.2, 0.25) is 0 Å². The zero-order valence-corrected chi connectivity index (χ0v) is 19.2. The van der Waals surface area contributed by atoms with Crippen molar-refractivity contribution in [3.63, 3.8) is 0 Å². The summed E-state index contributed by atoms with van der Waals surface area (Å²) in [6.45, 7) is 0. The highest BCUT2D eigenvalue weighted by Gasteiger charge is 2.41. The van der Waals surface area contributed by atoms with Gasteiger partial charge in [0, 0.05) is 64.4 Å². The Morgan fingerprint density at radius 3 is 1.04 bits per heavy atom. The lowest BCUT2D eigenvalue weighted by molar-refractivity contribution is 0.140. The van der Waals surface area contributed by atoms with E-state index in [1.165, 1.54) is 0 Å². The standard InChI is InChI=1S/2C9H15NO3Si/c2*1-11-14(12-2,13-3)9-6-4-5-8(10)7-9/h2*4-7H,10H2,1-3H3. The number of nitrogen functional groups attached to an aromatic ring is 2. The Balaban J connectivity index is 0.000000280. The van der Waals surface area contributed by atoms with Gasteiger partial charge in [0.25, 0.3) is 0 Å². The summed E-state index contributed by atoms with van der Waals surface area (Å²) >= 11 is 0. The van der Waals surface area contributed by atoms with Crippen LogP contribution in [0.1, 0.15) is 0 Å². The molecule has 2 aromatic rings. The maximum absolute atomic E-state index is 5.67. The molecule has 0 spiro atoms. The van der Waals surface area contributed by atoms with Crippen LogP contribution in [-0.4, -0.2) is 60.3 Å². The topological polar surface area (TPSA) is 107 Å². The predicted octanol–water partition coefficient (Wildman–Crippen LogP) is 0.708. The number of hydrogen-bond acceptors (Lipinski definition) is 8. The van der Waals surface area contributed by atoms with Gasteiger partial charge < -0.3 is 38.0 Å². The van der Waals surface area contributed by atoms with Gasteiger partial charge in [-0.1, -0.05) is 24.3 Å². The Morgan fingerprint density at radius 2 is 0.821 bits per heavy atom. The highest BCUT2D eigenvalue weighted by atomic mass is 28.4. The van der Waals surface area contributed by atoms with Crippen molar-refractivity contribution in [2.45, 2.75) is 0 Å². The Labute approximate surface area is 169 Å².